The number of carboxylic acids is 1. The monoisotopic (exact) mass is 475 g/mol. The topological polar surface area (TPSA) is 75.6 Å². The maximum atomic E-state index is 13.9. The van der Waals surface area contributed by atoms with Crippen molar-refractivity contribution in [1.82, 2.24) is 5.32 Å². The number of rotatable bonds is 6. The second-order valence-corrected chi connectivity index (χ2v) is 11.4. The summed E-state index contributed by atoms with van der Waals surface area (Å²) >= 11 is 0. The molecule has 3 aliphatic rings. The number of methoxy groups -OCH3 is 1. The molecule has 2 N–H and O–H groups in total. The van der Waals surface area contributed by atoms with Gasteiger partial charge in [-0.15, -0.1) is 0 Å². The third kappa shape index (κ3) is 4.13. The molecule has 0 radical (unpaired) electrons. The Kier molecular flexibility index (Phi) is 6.14. The standard InChI is InChI=1S/C30H37NO4/c1-29(2,20-8-6-9-21(17-20)35-3)31-28(34)26-14-13-25-24-12-11-19-7-4-5-10-22(19)23(24)15-16-30(25,26)18-27(32)33/h4-10,17,23-26H,11-16,18H2,1-3H3,(H,31,34)(H,32,33)/t23-,24-,25+,26?,30-/m1/s1. The van der Waals surface area contributed by atoms with Crippen LogP contribution in [0.3, 0.4) is 0 Å². The summed E-state index contributed by atoms with van der Waals surface area (Å²) in [5.41, 5.74) is 2.83. The molecule has 2 saturated carbocycles. The number of ether oxygens (including phenoxy) is 1. The normalized spacial score (nSPS) is 29.5. The Morgan fingerprint density at radius 2 is 1.89 bits per heavy atom. The van der Waals surface area contributed by atoms with Gasteiger partial charge in [0.2, 0.25) is 5.91 Å². The molecule has 3 aliphatic carbocycles. The van der Waals surface area contributed by atoms with Gasteiger partial charge in [-0.25, -0.2) is 0 Å². The Morgan fingerprint density at radius 1 is 1.09 bits per heavy atom. The summed E-state index contributed by atoms with van der Waals surface area (Å²) in [5.74, 6) is 0.925. The minimum Gasteiger partial charge on any atom is -0.497 e. The maximum Gasteiger partial charge on any atom is 0.303 e. The van der Waals surface area contributed by atoms with Gasteiger partial charge in [0, 0.05) is 5.92 Å². The molecule has 2 fully saturated rings. The van der Waals surface area contributed by atoms with Crippen molar-refractivity contribution in [2.24, 2.45) is 23.2 Å². The van der Waals surface area contributed by atoms with Crippen LogP contribution in [0.2, 0.25) is 0 Å². The second kappa shape index (κ2) is 9.00. The molecule has 35 heavy (non-hydrogen) atoms. The third-order valence-electron chi connectivity index (χ3n) is 9.38. The zero-order chi connectivity index (χ0) is 24.8. The fourth-order valence-corrected chi connectivity index (χ4v) is 7.83. The molecule has 5 atom stereocenters. The van der Waals surface area contributed by atoms with Crippen LogP contribution in [0.1, 0.15) is 75.0 Å². The fraction of sp³-hybridized carbons (Fsp3) is 0.533. The highest BCUT2D eigenvalue weighted by molar-refractivity contribution is 5.82. The second-order valence-electron chi connectivity index (χ2n) is 11.4. The lowest BCUT2D eigenvalue weighted by Gasteiger charge is -2.52. The molecule has 0 saturated heterocycles. The van der Waals surface area contributed by atoms with Gasteiger partial charge in [0.05, 0.1) is 19.1 Å². The number of aliphatic carboxylic acids is 1. The first kappa shape index (κ1) is 23.9. The zero-order valence-electron chi connectivity index (χ0n) is 21.0. The number of nitrogens with one attached hydrogen (secondary N) is 1. The van der Waals surface area contributed by atoms with Crippen molar-refractivity contribution in [2.75, 3.05) is 7.11 Å². The lowest BCUT2D eigenvalue weighted by atomic mass is 9.52. The number of amides is 1. The molecule has 0 heterocycles. The van der Waals surface area contributed by atoms with Crippen molar-refractivity contribution in [3.63, 3.8) is 0 Å². The Morgan fingerprint density at radius 3 is 2.66 bits per heavy atom. The van der Waals surface area contributed by atoms with E-state index in [4.69, 9.17) is 4.74 Å². The highest BCUT2D eigenvalue weighted by atomic mass is 16.5. The van der Waals surface area contributed by atoms with E-state index in [0.717, 1.165) is 49.8 Å². The summed E-state index contributed by atoms with van der Waals surface area (Å²) in [6, 6.07) is 16.5. The van der Waals surface area contributed by atoms with Gasteiger partial charge in [0.15, 0.2) is 0 Å². The molecule has 1 amide bonds. The van der Waals surface area contributed by atoms with E-state index >= 15 is 0 Å². The summed E-state index contributed by atoms with van der Waals surface area (Å²) < 4.78 is 5.38. The largest absolute Gasteiger partial charge is 0.497 e. The molecule has 186 valence electrons. The van der Waals surface area contributed by atoms with E-state index in [1.807, 2.05) is 38.1 Å². The van der Waals surface area contributed by atoms with E-state index in [9.17, 15) is 14.7 Å². The van der Waals surface area contributed by atoms with Crippen molar-refractivity contribution in [3.8, 4) is 5.75 Å². The van der Waals surface area contributed by atoms with Crippen molar-refractivity contribution in [3.05, 3.63) is 65.2 Å². The van der Waals surface area contributed by atoms with Crippen molar-refractivity contribution in [1.29, 1.82) is 0 Å². The number of fused-ring (bicyclic) bond motifs is 5. The summed E-state index contributed by atoms with van der Waals surface area (Å²) in [6.45, 7) is 4.01. The van der Waals surface area contributed by atoms with E-state index in [1.165, 1.54) is 11.1 Å². The first-order valence-corrected chi connectivity index (χ1v) is 13.0. The Labute approximate surface area is 208 Å². The maximum absolute atomic E-state index is 13.9. The molecule has 1 unspecified atom stereocenters. The highest BCUT2D eigenvalue weighted by Crippen LogP contribution is 2.64. The van der Waals surface area contributed by atoms with Gasteiger partial charge in [-0.1, -0.05) is 36.4 Å². The SMILES string of the molecule is COc1cccc(C(C)(C)NC(=O)C2CC[C@H]3[C@@H]4CCc5ccccc5[C@H]4CC[C@]23CC(=O)O)c1. The number of benzene rings is 2. The number of hydrogen-bond acceptors (Lipinski definition) is 3. The first-order valence-electron chi connectivity index (χ1n) is 13.0. The van der Waals surface area contributed by atoms with Gasteiger partial charge in [-0.3, -0.25) is 9.59 Å². The van der Waals surface area contributed by atoms with Crippen LogP contribution in [0.5, 0.6) is 5.75 Å². The molecule has 0 bridgehead atoms. The van der Waals surface area contributed by atoms with Crippen LogP contribution in [0.25, 0.3) is 0 Å². The molecule has 5 heteroatoms. The quantitative estimate of drug-likeness (QED) is 0.564. The molecule has 0 aliphatic heterocycles. The molecule has 5 rings (SSSR count). The highest BCUT2D eigenvalue weighted by Gasteiger charge is 2.60. The van der Waals surface area contributed by atoms with Gasteiger partial charge < -0.3 is 15.2 Å². The van der Waals surface area contributed by atoms with E-state index in [-0.39, 0.29) is 24.2 Å². The summed E-state index contributed by atoms with van der Waals surface area (Å²) in [4.78, 5) is 26.0. The predicted octanol–water partition coefficient (Wildman–Crippen LogP) is 5.67. The smallest absolute Gasteiger partial charge is 0.303 e. The van der Waals surface area contributed by atoms with Gasteiger partial charge in [-0.2, -0.15) is 0 Å². The molecule has 2 aromatic rings. The molecule has 0 spiro atoms. The number of carbonyl (C=O) groups is 2. The van der Waals surface area contributed by atoms with Crippen LogP contribution in [0, 0.1) is 23.2 Å². The zero-order valence-corrected chi connectivity index (χ0v) is 21.0. The van der Waals surface area contributed by atoms with Crippen molar-refractivity contribution < 1.29 is 19.4 Å². The van der Waals surface area contributed by atoms with Gasteiger partial charge in [-0.05, 0) is 104 Å². The lowest BCUT2D eigenvalue weighted by molar-refractivity contribution is -0.146. The lowest BCUT2D eigenvalue weighted by Crippen LogP contribution is -2.51. The number of aryl methyl sites for hydroxylation is 1. The minimum absolute atomic E-state index is 0.00349. The summed E-state index contributed by atoms with van der Waals surface area (Å²) in [6.07, 6.45) is 5.71. The third-order valence-corrected chi connectivity index (χ3v) is 9.38. The molecule has 0 aromatic heterocycles. The van der Waals surface area contributed by atoms with E-state index in [1.54, 1.807) is 7.11 Å². The average molecular weight is 476 g/mol. The molecule has 5 nitrogen and oxygen atoms in total. The summed E-state index contributed by atoms with van der Waals surface area (Å²) in [7, 11) is 1.64. The average Bonchev–Trinajstić information content (AvgIpc) is 3.22. The van der Waals surface area contributed by atoms with Crippen LogP contribution in [0.4, 0.5) is 0 Å². The van der Waals surface area contributed by atoms with Crippen LogP contribution in [-0.2, 0) is 21.5 Å². The Hall–Kier alpha value is -2.82. The van der Waals surface area contributed by atoms with Crippen molar-refractivity contribution >= 4 is 11.9 Å². The number of carbonyl (C=O) groups excluding carboxylic acids is 1. The van der Waals surface area contributed by atoms with Gasteiger partial charge >= 0.3 is 5.97 Å². The predicted molar refractivity (Wildman–Crippen MR) is 135 cm³/mol. The molecular formula is C30H37NO4. The Balaban J connectivity index is 1.42. The minimum atomic E-state index is -0.781. The van der Waals surface area contributed by atoms with Crippen LogP contribution < -0.4 is 10.1 Å². The van der Waals surface area contributed by atoms with Gasteiger partial charge in [0.1, 0.15) is 5.75 Å². The Bertz CT molecular complexity index is 1120. The summed E-state index contributed by atoms with van der Waals surface area (Å²) in [5, 5.41) is 13.3. The molecule has 2 aromatic carbocycles. The number of carboxylic acid groups (broad SMARTS) is 1. The first-order chi connectivity index (χ1) is 16.7. The van der Waals surface area contributed by atoms with Gasteiger partial charge in [0.25, 0.3) is 0 Å². The van der Waals surface area contributed by atoms with Crippen molar-refractivity contribution in [2.45, 2.75) is 70.3 Å². The van der Waals surface area contributed by atoms with E-state index in [2.05, 4.69) is 29.6 Å². The van der Waals surface area contributed by atoms with Crippen LogP contribution >= 0.6 is 0 Å². The van der Waals surface area contributed by atoms with E-state index in [0.29, 0.717) is 11.8 Å². The fourth-order valence-electron chi connectivity index (χ4n) is 7.83. The van der Waals surface area contributed by atoms with Crippen LogP contribution in [-0.4, -0.2) is 24.1 Å². The van der Waals surface area contributed by atoms with E-state index < -0.39 is 16.9 Å². The molecular weight excluding hydrogens is 438 g/mol. The van der Waals surface area contributed by atoms with Crippen LogP contribution in [0.15, 0.2) is 48.5 Å². The number of hydrogen-bond donors (Lipinski definition) is 2.